The molecule has 2 aliphatic heterocycles. The van der Waals surface area contributed by atoms with Crippen molar-refractivity contribution in [1.82, 2.24) is 25.3 Å². The van der Waals surface area contributed by atoms with Crippen molar-refractivity contribution in [1.29, 1.82) is 0 Å². The van der Waals surface area contributed by atoms with Crippen LogP contribution in [0.4, 0.5) is 13.2 Å². The van der Waals surface area contributed by atoms with E-state index >= 15 is 0 Å². The Kier molecular flexibility index (Phi) is 7.89. The Labute approximate surface area is 239 Å². The van der Waals surface area contributed by atoms with Gasteiger partial charge in [0.2, 0.25) is 5.91 Å². The van der Waals surface area contributed by atoms with Gasteiger partial charge in [-0.3, -0.25) is 9.59 Å². The van der Waals surface area contributed by atoms with Crippen molar-refractivity contribution in [3.8, 4) is 17.2 Å². The molecule has 1 fully saturated rings. The fourth-order valence-corrected chi connectivity index (χ4v) is 5.58. The number of amides is 2. The molecular formula is C28H29ClF3N5O4. The summed E-state index contributed by atoms with van der Waals surface area (Å²) in [5, 5.41) is 10.1. The zero-order chi connectivity index (χ0) is 29.4. The van der Waals surface area contributed by atoms with Crippen LogP contribution in [-0.4, -0.2) is 65.9 Å². The zero-order valence-corrected chi connectivity index (χ0v) is 23.2. The highest BCUT2D eigenvalue weighted by atomic mass is 35.5. The summed E-state index contributed by atoms with van der Waals surface area (Å²) in [4.78, 5) is 29.2. The summed E-state index contributed by atoms with van der Waals surface area (Å²) in [7, 11) is 3.08. The van der Waals surface area contributed by atoms with Crippen LogP contribution >= 0.6 is 11.6 Å². The molecule has 13 heteroatoms. The third-order valence-electron chi connectivity index (χ3n) is 7.58. The minimum atomic E-state index is -4.90. The van der Waals surface area contributed by atoms with Crippen molar-refractivity contribution < 1.29 is 32.2 Å². The number of benzene rings is 2. The van der Waals surface area contributed by atoms with Crippen LogP contribution in [0.3, 0.4) is 0 Å². The van der Waals surface area contributed by atoms with E-state index in [-0.39, 0.29) is 31.0 Å². The predicted molar refractivity (Wildman–Crippen MR) is 145 cm³/mol. The molecule has 0 spiro atoms. The Morgan fingerprint density at radius 1 is 1.05 bits per heavy atom. The van der Waals surface area contributed by atoms with Crippen LogP contribution in [0.2, 0.25) is 5.02 Å². The first-order valence-electron chi connectivity index (χ1n) is 13.0. The molecule has 2 N–H and O–H groups in total. The lowest BCUT2D eigenvalue weighted by atomic mass is 9.85. The van der Waals surface area contributed by atoms with E-state index in [9.17, 15) is 22.8 Å². The van der Waals surface area contributed by atoms with Gasteiger partial charge in [0.1, 0.15) is 5.54 Å². The maximum atomic E-state index is 14.3. The van der Waals surface area contributed by atoms with Crippen LogP contribution in [0.1, 0.15) is 40.0 Å². The van der Waals surface area contributed by atoms with Gasteiger partial charge in [0, 0.05) is 18.1 Å². The molecule has 0 saturated carbocycles. The second-order valence-electron chi connectivity index (χ2n) is 10.0. The minimum absolute atomic E-state index is 0.0903. The van der Waals surface area contributed by atoms with E-state index in [2.05, 4.69) is 15.7 Å². The van der Waals surface area contributed by atoms with Crippen molar-refractivity contribution >= 4 is 23.4 Å². The van der Waals surface area contributed by atoms with Crippen LogP contribution < -0.4 is 20.1 Å². The Morgan fingerprint density at radius 3 is 2.29 bits per heavy atom. The number of hydrogen-bond acceptors (Lipinski definition) is 6. The maximum absolute atomic E-state index is 14.3. The number of piperidine rings is 1. The number of nitrogens with one attached hydrogen (secondary N) is 2. The number of nitrogens with zero attached hydrogens (tertiary/aromatic N) is 3. The van der Waals surface area contributed by atoms with E-state index in [0.717, 1.165) is 17.3 Å². The molecule has 218 valence electrons. The smallest absolute Gasteiger partial charge is 0.434 e. The summed E-state index contributed by atoms with van der Waals surface area (Å²) < 4.78 is 54.3. The average molecular weight is 592 g/mol. The highest BCUT2D eigenvalue weighted by molar-refractivity contribution is 6.30. The molecule has 2 aliphatic rings. The number of ether oxygens (including phenoxy) is 2. The summed E-state index contributed by atoms with van der Waals surface area (Å²) in [6.45, 7) is 1.48. The number of fused-ring (bicyclic) bond motifs is 1. The normalized spacial score (nSPS) is 16.6. The highest BCUT2D eigenvalue weighted by Crippen LogP contribution is 2.36. The Bertz CT molecular complexity index is 1450. The molecule has 3 heterocycles. The van der Waals surface area contributed by atoms with Gasteiger partial charge in [-0.15, -0.1) is 0 Å². The molecule has 1 saturated heterocycles. The lowest BCUT2D eigenvalue weighted by molar-refractivity contribution is -0.143. The highest BCUT2D eigenvalue weighted by Gasteiger charge is 2.47. The van der Waals surface area contributed by atoms with Crippen molar-refractivity contribution in [2.75, 3.05) is 33.9 Å². The third-order valence-corrected chi connectivity index (χ3v) is 7.83. The van der Waals surface area contributed by atoms with Gasteiger partial charge < -0.3 is 25.0 Å². The van der Waals surface area contributed by atoms with Gasteiger partial charge in [-0.1, -0.05) is 11.6 Å². The van der Waals surface area contributed by atoms with Gasteiger partial charge in [-0.25, -0.2) is 4.68 Å². The Morgan fingerprint density at radius 2 is 1.68 bits per heavy atom. The molecule has 0 radical (unpaired) electrons. The first-order valence-corrected chi connectivity index (χ1v) is 13.4. The average Bonchev–Trinajstić information content (AvgIpc) is 3.43. The van der Waals surface area contributed by atoms with Gasteiger partial charge in [-0.05, 0) is 79.9 Å². The zero-order valence-electron chi connectivity index (χ0n) is 22.5. The van der Waals surface area contributed by atoms with E-state index in [1.807, 2.05) is 12.1 Å². The van der Waals surface area contributed by atoms with Crippen LogP contribution in [0.5, 0.6) is 11.5 Å². The molecular weight excluding hydrogens is 563 g/mol. The molecule has 41 heavy (non-hydrogen) atoms. The van der Waals surface area contributed by atoms with E-state index in [4.69, 9.17) is 21.1 Å². The van der Waals surface area contributed by atoms with E-state index < -0.39 is 28.9 Å². The summed E-state index contributed by atoms with van der Waals surface area (Å²) in [5.74, 6) is -0.237. The van der Waals surface area contributed by atoms with Crippen molar-refractivity contribution in [2.24, 2.45) is 0 Å². The summed E-state index contributed by atoms with van der Waals surface area (Å²) in [6, 6.07) is 9.33. The fourth-order valence-electron chi connectivity index (χ4n) is 5.46. The van der Waals surface area contributed by atoms with Crippen LogP contribution in [-0.2, 0) is 23.9 Å². The number of methoxy groups -OCH3 is 2. The van der Waals surface area contributed by atoms with Crippen molar-refractivity contribution in [3.05, 3.63) is 70.0 Å². The number of rotatable bonds is 6. The molecule has 0 aliphatic carbocycles. The third kappa shape index (κ3) is 5.58. The SMILES string of the molecule is COc1cc2c(cc1OC)CN(C(=O)C1(NC(=O)c3cnn(-c4ccc(Cl)cc4)c3C(F)(F)F)CCNCC1)CC2. The number of halogens is 4. The van der Waals surface area contributed by atoms with Crippen molar-refractivity contribution in [2.45, 2.75) is 37.5 Å². The number of hydrogen-bond donors (Lipinski definition) is 2. The quantitative estimate of drug-likeness (QED) is 0.450. The maximum Gasteiger partial charge on any atom is 0.434 e. The first-order chi connectivity index (χ1) is 19.6. The van der Waals surface area contributed by atoms with Gasteiger partial charge in [0.15, 0.2) is 17.2 Å². The fraction of sp³-hybridized carbons (Fsp3) is 0.393. The summed E-state index contributed by atoms with van der Waals surface area (Å²) >= 11 is 5.89. The largest absolute Gasteiger partial charge is 0.493 e. The number of alkyl halides is 3. The first kappa shape index (κ1) is 28.7. The topological polar surface area (TPSA) is 97.7 Å². The number of carbonyl (C=O) groups is 2. The standard InChI is InChI=1S/C28H29ClF3N5O4/c1-40-22-13-17-7-12-36(16-18(17)14-23(22)41-2)26(39)27(8-10-33-11-9-27)35-25(38)21-15-34-37(24(21)28(30,31)32)20-5-3-19(29)4-6-20/h3-6,13-15,33H,7-12,16H2,1-2H3,(H,35,38). The summed E-state index contributed by atoms with van der Waals surface area (Å²) in [5.41, 5.74) is -1.31. The molecule has 0 unspecified atom stereocenters. The van der Waals surface area contributed by atoms with Crippen molar-refractivity contribution in [3.63, 3.8) is 0 Å². The van der Waals surface area contributed by atoms with E-state index in [0.29, 0.717) is 47.3 Å². The molecule has 0 atom stereocenters. The second kappa shape index (κ2) is 11.2. The van der Waals surface area contributed by atoms with Crippen LogP contribution in [0, 0.1) is 0 Å². The van der Waals surface area contributed by atoms with Gasteiger partial charge in [0.25, 0.3) is 5.91 Å². The molecule has 2 aromatic carbocycles. The van der Waals surface area contributed by atoms with E-state index in [1.165, 1.54) is 31.4 Å². The van der Waals surface area contributed by atoms with Crippen LogP contribution in [0.15, 0.2) is 42.6 Å². The Hall–Kier alpha value is -3.77. The Balaban J connectivity index is 1.45. The lowest BCUT2D eigenvalue weighted by Crippen LogP contribution is -2.64. The molecule has 0 bridgehead atoms. The minimum Gasteiger partial charge on any atom is -0.493 e. The number of carbonyl (C=O) groups excluding carboxylic acids is 2. The lowest BCUT2D eigenvalue weighted by Gasteiger charge is -2.42. The van der Waals surface area contributed by atoms with Gasteiger partial charge in [0.05, 0.1) is 31.7 Å². The number of aromatic nitrogens is 2. The monoisotopic (exact) mass is 591 g/mol. The van der Waals surface area contributed by atoms with E-state index in [1.54, 1.807) is 12.0 Å². The van der Waals surface area contributed by atoms with Gasteiger partial charge in [-0.2, -0.15) is 18.3 Å². The molecule has 5 rings (SSSR count). The summed E-state index contributed by atoms with van der Waals surface area (Å²) in [6.07, 6.45) is -3.03. The second-order valence-corrected chi connectivity index (χ2v) is 10.5. The van der Waals surface area contributed by atoms with Crippen LogP contribution in [0.25, 0.3) is 5.69 Å². The van der Waals surface area contributed by atoms with Gasteiger partial charge >= 0.3 is 6.18 Å². The molecule has 3 aromatic rings. The molecule has 2 amide bonds. The molecule has 1 aromatic heterocycles. The molecule has 9 nitrogen and oxygen atoms in total. The predicted octanol–water partition coefficient (Wildman–Crippen LogP) is 4.00.